The summed E-state index contributed by atoms with van der Waals surface area (Å²) in [6, 6.07) is 0. The summed E-state index contributed by atoms with van der Waals surface area (Å²) in [5.41, 5.74) is 4.78. The zero-order valence-electron chi connectivity index (χ0n) is 8.64. The summed E-state index contributed by atoms with van der Waals surface area (Å²) in [5.74, 6) is -0.00548. The molecule has 1 heterocycles. The molecule has 0 radical (unpaired) electrons. The number of carbonyl (C=O) groups excluding carboxylic acids is 1. The van der Waals surface area contributed by atoms with Crippen molar-refractivity contribution in [1.29, 1.82) is 0 Å². The molecular weight excluding hydrogens is 239 g/mol. The Balaban J connectivity index is 0.000000921. The maximum absolute atomic E-state index is 10.5. The Kier molecular flexibility index (Phi) is 6.73. The second-order valence-corrected chi connectivity index (χ2v) is 2.88. The predicted molar refractivity (Wildman–Crippen MR) is 60.8 cm³/mol. The lowest BCUT2D eigenvalue weighted by molar-refractivity contribution is -0.118. The first kappa shape index (κ1) is 13.9. The number of hydrogen-bond acceptors (Lipinski definition) is 4. The largest absolute Gasteiger partial charge is 0.279 e. The van der Waals surface area contributed by atoms with E-state index < -0.39 is 0 Å². The van der Waals surface area contributed by atoms with Gasteiger partial charge < -0.3 is 0 Å². The average Bonchev–Trinajstić information content (AvgIpc) is 2.19. The number of aromatic nitrogens is 2. The third-order valence-electron chi connectivity index (χ3n) is 1.06. The molecule has 0 aliphatic rings. The third-order valence-corrected chi connectivity index (χ3v) is 1.50. The van der Waals surface area contributed by atoms with Crippen LogP contribution in [-0.2, 0) is 4.79 Å². The molecule has 0 bridgehead atoms. The SMILES string of the molecule is CC.CC(=O)NNc1ncc(Cl)nc1Cl. The molecule has 84 valence electrons. The number of anilines is 1. The summed E-state index contributed by atoms with van der Waals surface area (Å²) in [7, 11) is 0. The van der Waals surface area contributed by atoms with Crippen LogP contribution in [0.3, 0.4) is 0 Å². The number of rotatable bonds is 2. The highest BCUT2D eigenvalue weighted by Gasteiger charge is 2.03. The summed E-state index contributed by atoms with van der Waals surface area (Å²) in [5, 5.41) is 0.291. The van der Waals surface area contributed by atoms with Gasteiger partial charge in [-0.2, -0.15) is 0 Å². The quantitative estimate of drug-likeness (QED) is 0.791. The Bertz CT molecular complexity index is 332. The van der Waals surface area contributed by atoms with Gasteiger partial charge >= 0.3 is 0 Å². The molecule has 0 atom stereocenters. The molecular formula is C8H12Cl2N4O. The summed E-state index contributed by atoms with van der Waals surface area (Å²) in [6.07, 6.45) is 1.32. The van der Waals surface area contributed by atoms with E-state index in [1.807, 2.05) is 13.8 Å². The smallest absolute Gasteiger partial charge is 0.235 e. The number of carbonyl (C=O) groups is 1. The fourth-order valence-corrected chi connectivity index (χ4v) is 0.941. The number of amides is 1. The van der Waals surface area contributed by atoms with Gasteiger partial charge in [0.2, 0.25) is 5.91 Å². The maximum atomic E-state index is 10.5. The van der Waals surface area contributed by atoms with E-state index in [0.717, 1.165) is 0 Å². The summed E-state index contributed by atoms with van der Waals surface area (Å²) < 4.78 is 0. The molecule has 0 aromatic carbocycles. The summed E-state index contributed by atoms with van der Waals surface area (Å²) in [4.78, 5) is 18.0. The fourth-order valence-electron chi connectivity index (χ4n) is 0.578. The number of halogens is 2. The average molecular weight is 251 g/mol. The van der Waals surface area contributed by atoms with Gasteiger partial charge in [0, 0.05) is 6.92 Å². The first-order valence-corrected chi connectivity index (χ1v) is 5.06. The Labute approximate surface area is 98.2 Å². The van der Waals surface area contributed by atoms with Gasteiger partial charge in [0.25, 0.3) is 0 Å². The van der Waals surface area contributed by atoms with Crippen molar-refractivity contribution in [3.63, 3.8) is 0 Å². The van der Waals surface area contributed by atoms with Crippen LogP contribution in [0.1, 0.15) is 20.8 Å². The maximum Gasteiger partial charge on any atom is 0.235 e. The molecule has 0 unspecified atom stereocenters. The molecule has 7 heteroatoms. The third kappa shape index (κ3) is 5.39. The van der Waals surface area contributed by atoms with Crippen molar-refractivity contribution < 1.29 is 4.79 Å². The molecule has 5 nitrogen and oxygen atoms in total. The van der Waals surface area contributed by atoms with Crippen molar-refractivity contribution in [3.8, 4) is 0 Å². The number of hydrazine groups is 1. The standard InChI is InChI=1S/C6H6Cl2N4O.C2H6/c1-3(13)11-12-6-5(8)10-4(7)2-9-6;1-2/h2H,1H3,(H,9,12)(H,11,13);1-2H3. The Morgan fingerprint density at radius 1 is 1.40 bits per heavy atom. The summed E-state index contributed by atoms with van der Waals surface area (Å²) >= 11 is 11.1. The normalized spacial score (nSPS) is 8.60. The van der Waals surface area contributed by atoms with Crippen LogP contribution in [-0.4, -0.2) is 15.9 Å². The lowest BCUT2D eigenvalue weighted by Gasteiger charge is -2.05. The number of nitrogens with zero attached hydrogens (tertiary/aromatic N) is 2. The zero-order chi connectivity index (χ0) is 11.8. The molecule has 0 saturated carbocycles. The van der Waals surface area contributed by atoms with Crippen LogP contribution >= 0.6 is 23.2 Å². The molecule has 1 aromatic rings. The molecule has 1 rings (SSSR count). The second-order valence-electron chi connectivity index (χ2n) is 2.14. The van der Waals surface area contributed by atoms with Gasteiger partial charge in [-0.15, -0.1) is 0 Å². The van der Waals surface area contributed by atoms with Gasteiger partial charge in [-0.1, -0.05) is 37.0 Å². The van der Waals surface area contributed by atoms with Crippen LogP contribution < -0.4 is 10.9 Å². The molecule has 15 heavy (non-hydrogen) atoms. The molecule has 0 aliphatic carbocycles. The van der Waals surface area contributed by atoms with Crippen molar-refractivity contribution in [2.75, 3.05) is 5.43 Å². The van der Waals surface area contributed by atoms with Crippen molar-refractivity contribution >= 4 is 34.9 Å². The lowest BCUT2D eigenvalue weighted by Crippen LogP contribution is -2.27. The fraction of sp³-hybridized carbons (Fsp3) is 0.375. The van der Waals surface area contributed by atoms with E-state index in [9.17, 15) is 4.79 Å². The van der Waals surface area contributed by atoms with Crippen LogP contribution in [0.4, 0.5) is 5.82 Å². The van der Waals surface area contributed by atoms with E-state index in [-0.39, 0.29) is 22.0 Å². The zero-order valence-corrected chi connectivity index (χ0v) is 10.1. The minimum Gasteiger partial charge on any atom is -0.279 e. The van der Waals surface area contributed by atoms with Gasteiger partial charge in [-0.05, 0) is 0 Å². The second kappa shape index (κ2) is 7.25. The Morgan fingerprint density at radius 2 is 2.00 bits per heavy atom. The van der Waals surface area contributed by atoms with E-state index in [0.29, 0.717) is 0 Å². The van der Waals surface area contributed by atoms with E-state index >= 15 is 0 Å². The monoisotopic (exact) mass is 250 g/mol. The van der Waals surface area contributed by atoms with Gasteiger partial charge in [0.1, 0.15) is 5.15 Å². The first-order chi connectivity index (χ1) is 7.09. The van der Waals surface area contributed by atoms with Crippen molar-refractivity contribution in [1.82, 2.24) is 15.4 Å². The van der Waals surface area contributed by atoms with Crippen molar-refractivity contribution in [3.05, 3.63) is 16.5 Å². The van der Waals surface area contributed by atoms with Crippen LogP contribution in [0.5, 0.6) is 0 Å². The topological polar surface area (TPSA) is 66.9 Å². The molecule has 1 amide bonds. The van der Waals surface area contributed by atoms with Gasteiger partial charge in [0.05, 0.1) is 6.20 Å². The molecule has 0 fully saturated rings. The Hall–Kier alpha value is -1.07. The van der Waals surface area contributed by atoms with E-state index in [2.05, 4.69) is 20.8 Å². The van der Waals surface area contributed by atoms with Crippen molar-refractivity contribution in [2.24, 2.45) is 0 Å². The van der Waals surface area contributed by atoms with E-state index in [1.165, 1.54) is 13.1 Å². The van der Waals surface area contributed by atoms with Gasteiger partial charge in [0.15, 0.2) is 11.0 Å². The summed E-state index contributed by atoms with van der Waals surface area (Å²) in [6.45, 7) is 5.35. The lowest BCUT2D eigenvalue weighted by atomic mass is 10.7. The molecule has 1 aromatic heterocycles. The van der Waals surface area contributed by atoms with Crippen molar-refractivity contribution in [2.45, 2.75) is 20.8 Å². The molecule has 0 spiro atoms. The predicted octanol–water partition coefficient (Wildman–Crippen LogP) is 2.27. The van der Waals surface area contributed by atoms with Gasteiger partial charge in [-0.25, -0.2) is 9.97 Å². The van der Waals surface area contributed by atoms with E-state index in [4.69, 9.17) is 23.2 Å². The molecule has 2 N–H and O–H groups in total. The minimum absolute atomic E-state index is 0.0984. The van der Waals surface area contributed by atoms with Crippen LogP contribution in [0.2, 0.25) is 10.3 Å². The highest BCUT2D eigenvalue weighted by atomic mass is 35.5. The molecule has 0 saturated heterocycles. The minimum atomic E-state index is -0.257. The number of hydrogen-bond donors (Lipinski definition) is 2. The highest BCUT2D eigenvalue weighted by molar-refractivity contribution is 6.33. The van der Waals surface area contributed by atoms with E-state index in [1.54, 1.807) is 0 Å². The van der Waals surface area contributed by atoms with Crippen LogP contribution in [0.25, 0.3) is 0 Å². The van der Waals surface area contributed by atoms with Gasteiger partial charge in [-0.3, -0.25) is 15.6 Å². The van der Waals surface area contributed by atoms with Crippen LogP contribution in [0.15, 0.2) is 6.20 Å². The first-order valence-electron chi connectivity index (χ1n) is 4.30. The molecule has 0 aliphatic heterocycles. The Morgan fingerprint density at radius 3 is 2.47 bits per heavy atom. The highest BCUT2D eigenvalue weighted by Crippen LogP contribution is 2.16. The van der Waals surface area contributed by atoms with Crippen LogP contribution in [0, 0.1) is 0 Å². The number of nitrogens with one attached hydrogen (secondary N) is 2.